The summed E-state index contributed by atoms with van der Waals surface area (Å²) in [4.78, 5) is 17.0. The number of nitrogens with one attached hydrogen (secondary N) is 1. The van der Waals surface area contributed by atoms with Crippen molar-refractivity contribution in [2.45, 2.75) is 40.2 Å². The van der Waals surface area contributed by atoms with E-state index in [0.29, 0.717) is 26.0 Å². The smallest absolute Gasteiger partial charge is 0.220 e. The number of rotatable bonds is 9. The maximum absolute atomic E-state index is 12.2. The van der Waals surface area contributed by atoms with Gasteiger partial charge in [0.15, 0.2) is 0 Å². The van der Waals surface area contributed by atoms with Crippen molar-refractivity contribution in [2.24, 2.45) is 0 Å². The second-order valence-corrected chi connectivity index (χ2v) is 9.41. The average Bonchev–Trinajstić information content (AvgIpc) is 3.33. The molecular formula is C29H30N2O2S. The van der Waals surface area contributed by atoms with E-state index in [1.165, 1.54) is 5.56 Å². The number of ether oxygens (including phenoxy) is 1. The first-order chi connectivity index (χ1) is 16.5. The van der Waals surface area contributed by atoms with Crippen LogP contribution in [0.3, 0.4) is 0 Å². The highest BCUT2D eigenvalue weighted by Gasteiger charge is 2.08. The number of aromatic nitrogens is 1. The van der Waals surface area contributed by atoms with E-state index in [2.05, 4.69) is 54.0 Å². The first-order valence-electron chi connectivity index (χ1n) is 11.6. The summed E-state index contributed by atoms with van der Waals surface area (Å²) in [5.74, 6) is 0.964. The Morgan fingerprint density at radius 3 is 2.29 bits per heavy atom. The van der Waals surface area contributed by atoms with Crippen molar-refractivity contribution >= 4 is 17.2 Å². The number of hydrogen-bond acceptors (Lipinski definition) is 4. The molecule has 0 atom stereocenters. The SMILES string of the molecule is Cc1ccc(-c2csc(-c3ccc(CNC(=O)CCCOc4c(C)cccc4C)cc3)n2)cc1. The Hall–Kier alpha value is -3.44. The molecule has 5 heteroatoms. The van der Waals surface area contributed by atoms with E-state index in [0.717, 1.165) is 44.3 Å². The molecule has 174 valence electrons. The van der Waals surface area contributed by atoms with E-state index >= 15 is 0 Å². The van der Waals surface area contributed by atoms with E-state index in [9.17, 15) is 4.79 Å². The van der Waals surface area contributed by atoms with Gasteiger partial charge in [0.25, 0.3) is 0 Å². The van der Waals surface area contributed by atoms with Crippen LogP contribution in [-0.2, 0) is 11.3 Å². The van der Waals surface area contributed by atoms with Crippen LogP contribution in [0.1, 0.15) is 35.1 Å². The Morgan fingerprint density at radius 1 is 0.912 bits per heavy atom. The van der Waals surface area contributed by atoms with Gasteiger partial charge in [-0.2, -0.15) is 0 Å². The molecule has 4 nitrogen and oxygen atoms in total. The Kier molecular flexibility index (Phi) is 7.76. The van der Waals surface area contributed by atoms with Gasteiger partial charge >= 0.3 is 0 Å². The minimum Gasteiger partial charge on any atom is -0.493 e. The Bertz CT molecular complexity index is 1220. The molecule has 0 saturated carbocycles. The van der Waals surface area contributed by atoms with E-state index in [1.54, 1.807) is 11.3 Å². The highest BCUT2D eigenvalue weighted by atomic mass is 32.1. The summed E-state index contributed by atoms with van der Waals surface area (Å²) in [7, 11) is 0. The summed E-state index contributed by atoms with van der Waals surface area (Å²) in [6, 6.07) is 22.8. The van der Waals surface area contributed by atoms with Crippen molar-refractivity contribution in [2.75, 3.05) is 6.61 Å². The fourth-order valence-electron chi connectivity index (χ4n) is 3.75. The van der Waals surface area contributed by atoms with Gasteiger partial charge in [-0.25, -0.2) is 4.98 Å². The molecule has 1 N–H and O–H groups in total. The van der Waals surface area contributed by atoms with Gasteiger partial charge in [0.2, 0.25) is 5.91 Å². The molecule has 0 aliphatic carbocycles. The zero-order valence-corrected chi connectivity index (χ0v) is 20.7. The van der Waals surface area contributed by atoms with Crippen LogP contribution in [-0.4, -0.2) is 17.5 Å². The lowest BCUT2D eigenvalue weighted by atomic mass is 10.1. The van der Waals surface area contributed by atoms with Gasteiger partial charge in [0.05, 0.1) is 12.3 Å². The molecule has 4 rings (SSSR count). The third kappa shape index (κ3) is 6.12. The zero-order chi connectivity index (χ0) is 23.9. The molecule has 1 aromatic heterocycles. The van der Waals surface area contributed by atoms with Gasteiger partial charge in [-0.3, -0.25) is 4.79 Å². The molecule has 3 aromatic carbocycles. The summed E-state index contributed by atoms with van der Waals surface area (Å²) in [5, 5.41) is 6.09. The lowest BCUT2D eigenvalue weighted by Gasteiger charge is -2.12. The van der Waals surface area contributed by atoms with Crippen molar-refractivity contribution in [1.29, 1.82) is 0 Å². The number of carbonyl (C=O) groups is 1. The fraction of sp³-hybridized carbons (Fsp3) is 0.241. The lowest BCUT2D eigenvalue weighted by molar-refractivity contribution is -0.121. The molecule has 0 unspecified atom stereocenters. The second-order valence-electron chi connectivity index (χ2n) is 8.55. The topological polar surface area (TPSA) is 51.2 Å². The van der Waals surface area contributed by atoms with Gasteiger partial charge < -0.3 is 10.1 Å². The molecule has 0 aliphatic heterocycles. The van der Waals surface area contributed by atoms with Crippen molar-refractivity contribution < 1.29 is 9.53 Å². The van der Waals surface area contributed by atoms with E-state index < -0.39 is 0 Å². The van der Waals surface area contributed by atoms with Crippen molar-refractivity contribution in [1.82, 2.24) is 10.3 Å². The molecule has 0 saturated heterocycles. The first-order valence-corrected chi connectivity index (χ1v) is 12.4. The molecule has 0 fully saturated rings. The number of carbonyl (C=O) groups excluding carboxylic acids is 1. The monoisotopic (exact) mass is 470 g/mol. The van der Waals surface area contributed by atoms with Crippen LogP contribution in [0.4, 0.5) is 0 Å². The third-order valence-electron chi connectivity index (χ3n) is 5.75. The molecule has 0 bridgehead atoms. The summed E-state index contributed by atoms with van der Waals surface area (Å²) in [6.45, 7) is 7.22. The van der Waals surface area contributed by atoms with Crippen LogP contribution in [0.2, 0.25) is 0 Å². The van der Waals surface area contributed by atoms with Crippen molar-refractivity contribution in [3.63, 3.8) is 0 Å². The van der Waals surface area contributed by atoms with Crippen LogP contribution in [0.15, 0.2) is 72.1 Å². The molecule has 34 heavy (non-hydrogen) atoms. The summed E-state index contributed by atoms with van der Waals surface area (Å²) < 4.78 is 5.89. The Morgan fingerprint density at radius 2 is 1.59 bits per heavy atom. The number of amides is 1. The predicted octanol–water partition coefficient (Wildman–Crippen LogP) is 6.88. The number of aryl methyl sites for hydroxylation is 3. The van der Waals surface area contributed by atoms with Crippen LogP contribution >= 0.6 is 11.3 Å². The Labute approximate surface area is 205 Å². The van der Waals surface area contributed by atoms with Crippen molar-refractivity contribution in [3.8, 4) is 27.6 Å². The minimum atomic E-state index is 0.0387. The third-order valence-corrected chi connectivity index (χ3v) is 6.64. The normalized spacial score (nSPS) is 10.8. The molecule has 0 spiro atoms. The van der Waals surface area contributed by atoms with Crippen molar-refractivity contribution in [3.05, 3.63) is 94.4 Å². The zero-order valence-electron chi connectivity index (χ0n) is 19.9. The van der Waals surface area contributed by atoms with Gasteiger partial charge in [0.1, 0.15) is 10.8 Å². The van der Waals surface area contributed by atoms with Gasteiger partial charge in [-0.1, -0.05) is 72.3 Å². The number of nitrogens with zero attached hydrogens (tertiary/aromatic N) is 1. The Balaban J connectivity index is 1.23. The van der Waals surface area contributed by atoms with Crippen LogP contribution < -0.4 is 10.1 Å². The van der Waals surface area contributed by atoms with E-state index in [-0.39, 0.29) is 5.91 Å². The minimum absolute atomic E-state index is 0.0387. The number of benzene rings is 3. The highest BCUT2D eigenvalue weighted by Crippen LogP contribution is 2.29. The summed E-state index contributed by atoms with van der Waals surface area (Å²) in [6.07, 6.45) is 1.13. The average molecular weight is 471 g/mol. The first kappa shape index (κ1) is 23.7. The molecule has 0 radical (unpaired) electrons. The molecule has 0 aliphatic rings. The molecular weight excluding hydrogens is 440 g/mol. The number of thiazole rings is 1. The standard InChI is InChI=1S/C29H30N2O2S/c1-20-9-13-24(14-10-20)26-19-34-29(31-26)25-15-11-23(12-16-25)18-30-27(32)8-5-17-33-28-21(2)6-4-7-22(28)3/h4,6-7,9-16,19H,5,8,17-18H2,1-3H3,(H,30,32). The number of hydrogen-bond donors (Lipinski definition) is 1. The van der Waals surface area contributed by atoms with Gasteiger partial charge in [-0.15, -0.1) is 11.3 Å². The fourth-order valence-corrected chi connectivity index (χ4v) is 4.59. The maximum atomic E-state index is 12.2. The highest BCUT2D eigenvalue weighted by molar-refractivity contribution is 7.13. The molecule has 4 aromatic rings. The molecule has 1 heterocycles. The van der Waals surface area contributed by atoms with Gasteiger partial charge in [0, 0.05) is 29.5 Å². The second kappa shape index (κ2) is 11.1. The molecule has 1 amide bonds. The summed E-state index contributed by atoms with van der Waals surface area (Å²) >= 11 is 1.64. The lowest BCUT2D eigenvalue weighted by Crippen LogP contribution is -2.23. The predicted molar refractivity (Wildman–Crippen MR) is 140 cm³/mol. The van der Waals surface area contributed by atoms with Gasteiger partial charge in [-0.05, 0) is 43.9 Å². The van der Waals surface area contributed by atoms with E-state index in [4.69, 9.17) is 9.72 Å². The van der Waals surface area contributed by atoms with Crippen LogP contribution in [0.5, 0.6) is 5.75 Å². The van der Waals surface area contributed by atoms with E-state index in [1.807, 2.05) is 44.2 Å². The maximum Gasteiger partial charge on any atom is 0.220 e. The largest absolute Gasteiger partial charge is 0.493 e. The quantitative estimate of drug-likeness (QED) is 0.271. The summed E-state index contributed by atoms with van der Waals surface area (Å²) in [5.41, 5.74) is 7.77. The van der Waals surface area contributed by atoms with Crippen LogP contribution in [0, 0.1) is 20.8 Å². The number of para-hydroxylation sites is 1. The van der Waals surface area contributed by atoms with Crippen LogP contribution in [0.25, 0.3) is 21.8 Å².